The molecule has 0 fully saturated rings. The first-order valence-electron chi connectivity index (χ1n) is 10.8. The quantitative estimate of drug-likeness (QED) is 0.231. The van der Waals surface area contributed by atoms with Crippen LogP contribution in [0.25, 0.3) is 51.1 Å². The zero-order valence-corrected chi connectivity index (χ0v) is 20.1. The molecule has 0 saturated heterocycles. The molecule has 6 aromatic rings. The molecule has 0 aliphatic heterocycles. The van der Waals surface area contributed by atoms with Crippen molar-refractivity contribution in [1.82, 2.24) is 0 Å². The predicted molar refractivity (Wildman–Crippen MR) is 142 cm³/mol. The van der Waals surface area contributed by atoms with Crippen LogP contribution >= 0.6 is 22.7 Å². The average molecular weight is 451 g/mol. The summed E-state index contributed by atoms with van der Waals surface area (Å²) in [6.07, 6.45) is 0. The summed E-state index contributed by atoms with van der Waals surface area (Å²) in [7, 11) is 0. The third-order valence-corrected chi connectivity index (χ3v) is 7.54. The zero-order valence-electron chi connectivity index (χ0n) is 18.5. The smallest absolute Gasteiger partial charge is 0.0991 e. The summed E-state index contributed by atoms with van der Waals surface area (Å²) in [5, 5.41) is 25.6. The molecule has 4 heteroatoms. The Balaban J connectivity index is 0.000000582. The van der Waals surface area contributed by atoms with E-state index in [1.807, 2.05) is 64.1 Å². The Morgan fingerprint density at radius 2 is 0.875 bits per heavy atom. The molecule has 2 heterocycles. The summed E-state index contributed by atoms with van der Waals surface area (Å²) in [4.78, 5) is 0. The standard InChI is InChI=1S/C24H10N2S2.2C2H6/c25-11-13-1-3-21-17(5-13)19-7-15-10-24-20(8-16(15)9-23(19)27-21)18-6-14(12-26)2-4-22(18)28-24;2*1-2/h1-10H;2*1-2H3. The number of fused-ring (bicyclic) bond motifs is 7. The van der Waals surface area contributed by atoms with Crippen LogP contribution < -0.4 is 0 Å². The maximum Gasteiger partial charge on any atom is 0.0991 e. The molecule has 0 amide bonds. The SMILES string of the molecule is CC.CC.N#Cc1ccc2sc3cc4cc5c(cc4cc3c2c1)sc1ccc(C#N)cc15. The van der Waals surface area contributed by atoms with Crippen LogP contribution in [0.15, 0.2) is 60.7 Å². The molecular formula is C28H22N2S2. The number of nitriles is 2. The Morgan fingerprint density at radius 3 is 1.25 bits per heavy atom. The van der Waals surface area contributed by atoms with Crippen LogP contribution in [-0.4, -0.2) is 0 Å². The highest BCUT2D eigenvalue weighted by Crippen LogP contribution is 2.41. The molecule has 0 spiro atoms. The summed E-state index contributed by atoms with van der Waals surface area (Å²) in [5.74, 6) is 0. The van der Waals surface area contributed by atoms with Crippen LogP contribution in [0.2, 0.25) is 0 Å². The zero-order chi connectivity index (χ0) is 22.8. The highest BCUT2D eigenvalue weighted by molar-refractivity contribution is 7.26. The van der Waals surface area contributed by atoms with E-state index in [-0.39, 0.29) is 0 Å². The average Bonchev–Trinajstić information content (AvgIpc) is 3.39. The minimum Gasteiger partial charge on any atom is -0.192 e. The van der Waals surface area contributed by atoms with Crippen LogP contribution in [0.3, 0.4) is 0 Å². The summed E-state index contributed by atoms with van der Waals surface area (Å²) >= 11 is 3.53. The maximum atomic E-state index is 9.24. The second kappa shape index (κ2) is 8.97. The molecule has 4 aromatic carbocycles. The molecule has 0 aliphatic rings. The van der Waals surface area contributed by atoms with Gasteiger partial charge in [-0.15, -0.1) is 22.7 Å². The fraction of sp³-hybridized carbons (Fsp3) is 0.143. The normalized spacial score (nSPS) is 10.4. The van der Waals surface area contributed by atoms with Crippen LogP contribution in [-0.2, 0) is 0 Å². The van der Waals surface area contributed by atoms with Crippen molar-refractivity contribution in [3.63, 3.8) is 0 Å². The third kappa shape index (κ3) is 3.49. The van der Waals surface area contributed by atoms with Crippen molar-refractivity contribution in [2.45, 2.75) is 27.7 Å². The minimum absolute atomic E-state index is 0.695. The van der Waals surface area contributed by atoms with Gasteiger partial charge in [0.25, 0.3) is 0 Å². The van der Waals surface area contributed by atoms with Crippen molar-refractivity contribution in [3.8, 4) is 12.1 Å². The highest BCUT2D eigenvalue weighted by atomic mass is 32.1. The van der Waals surface area contributed by atoms with Crippen molar-refractivity contribution in [1.29, 1.82) is 10.5 Å². The van der Waals surface area contributed by atoms with Crippen molar-refractivity contribution in [2.24, 2.45) is 0 Å². The van der Waals surface area contributed by atoms with Gasteiger partial charge in [-0.2, -0.15) is 10.5 Å². The lowest BCUT2D eigenvalue weighted by Gasteiger charge is -2.01. The fourth-order valence-electron chi connectivity index (χ4n) is 3.93. The number of nitrogens with zero attached hydrogens (tertiary/aromatic N) is 2. The molecule has 0 unspecified atom stereocenters. The second-order valence-electron chi connectivity index (χ2n) is 6.89. The molecule has 0 saturated carbocycles. The monoisotopic (exact) mass is 450 g/mol. The van der Waals surface area contributed by atoms with E-state index in [1.54, 1.807) is 22.7 Å². The van der Waals surface area contributed by atoms with Gasteiger partial charge in [0, 0.05) is 40.3 Å². The summed E-state index contributed by atoms with van der Waals surface area (Å²) in [6, 6.07) is 25.3. The van der Waals surface area contributed by atoms with Crippen molar-refractivity contribution in [3.05, 3.63) is 71.8 Å². The van der Waals surface area contributed by atoms with Gasteiger partial charge >= 0.3 is 0 Å². The van der Waals surface area contributed by atoms with E-state index in [2.05, 4.69) is 36.4 Å². The molecule has 0 aliphatic carbocycles. The van der Waals surface area contributed by atoms with Crippen molar-refractivity contribution in [2.75, 3.05) is 0 Å². The molecule has 0 N–H and O–H groups in total. The van der Waals surface area contributed by atoms with Crippen LogP contribution in [0, 0.1) is 22.7 Å². The maximum absolute atomic E-state index is 9.24. The lowest BCUT2D eigenvalue weighted by Crippen LogP contribution is -1.76. The lowest BCUT2D eigenvalue weighted by atomic mass is 10.0. The van der Waals surface area contributed by atoms with Gasteiger partial charge in [-0.3, -0.25) is 0 Å². The molecule has 0 radical (unpaired) electrons. The van der Waals surface area contributed by atoms with Crippen LogP contribution in [0.1, 0.15) is 38.8 Å². The van der Waals surface area contributed by atoms with E-state index in [0.29, 0.717) is 11.1 Å². The number of hydrogen-bond acceptors (Lipinski definition) is 4. The number of thiophene rings is 2. The van der Waals surface area contributed by atoms with E-state index in [1.165, 1.54) is 40.3 Å². The van der Waals surface area contributed by atoms with E-state index in [4.69, 9.17) is 0 Å². The number of hydrogen-bond donors (Lipinski definition) is 0. The number of rotatable bonds is 0. The fourth-order valence-corrected chi connectivity index (χ4v) is 6.17. The molecular weight excluding hydrogens is 428 g/mol. The second-order valence-corrected chi connectivity index (χ2v) is 9.06. The Labute approximate surface area is 195 Å². The molecule has 32 heavy (non-hydrogen) atoms. The van der Waals surface area contributed by atoms with E-state index in [9.17, 15) is 10.5 Å². The van der Waals surface area contributed by atoms with Crippen molar-refractivity contribution < 1.29 is 0 Å². The first kappa shape index (κ1) is 21.8. The lowest BCUT2D eigenvalue weighted by molar-refractivity contribution is 1.50. The largest absolute Gasteiger partial charge is 0.192 e. The van der Waals surface area contributed by atoms with Crippen LogP contribution in [0.4, 0.5) is 0 Å². The molecule has 0 atom stereocenters. The van der Waals surface area contributed by atoms with Crippen molar-refractivity contribution >= 4 is 73.8 Å². The van der Waals surface area contributed by atoms with Gasteiger partial charge in [0.1, 0.15) is 0 Å². The Bertz CT molecular complexity index is 1560. The Kier molecular flexibility index (Phi) is 6.10. The van der Waals surface area contributed by atoms with E-state index < -0.39 is 0 Å². The third-order valence-electron chi connectivity index (χ3n) is 5.27. The predicted octanol–water partition coefficient (Wildman–Crippen LogP) is 9.37. The molecule has 2 nitrogen and oxygen atoms in total. The van der Waals surface area contributed by atoms with Gasteiger partial charge < -0.3 is 0 Å². The topological polar surface area (TPSA) is 47.6 Å². The van der Waals surface area contributed by atoms with Crippen LogP contribution in [0.5, 0.6) is 0 Å². The Hall–Kier alpha value is -3.44. The van der Waals surface area contributed by atoms with Gasteiger partial charge in [-0.25, -0.2) is 0 Å². The first-order valence-corrected chi connectivity index (χ1v) is 12.4. The Morgan fingerprint density at radius 1 is 0.500 bits per heavy atom. The summed E-state index contributed by atoms with van der Waals surface area (Å²) in [5.41, 5.74) is 1.39. The van der Waals surface area contributed by atoms with E-state index in [0.717, 1.165) is 10.8 Å². The number of benzene rings is 4. The van der Waals surface area contributed by atoms with Gasteiger partial charge in [-0.05, 0) is 71.4 Å². The summed E-state index contributed by atoms with van der Waals surface area (Å²) < 4.78 is 4.87. The van der Waals surface area contributed by atoms with E-state index >= 15 is 0 Å². The van der Waals surface area contributed by atoms with Gasteiger partial charge in [0.05, 0.1) is 23.3 Å². The summed E-state index contributed by atoms with van der Waals surface area (Å²) in [6.45, 7) is 8.00. The molecule has 2 aromatic heterocycles. The molecule has 0 bridgehead atoms. The van der Waals surface area contributed by atoms with Gasteiger partial charge in [-0.1, -0.05) is 27.7 Å². The highest BCUT2D eigenvalue weighted by Gasteiger charge is 2.11. The van der Waals surface area contributed by atoms with Gasteiger partial charge in [0.15, 0.2) is 0 Å². The molecule has 156 valence electrons. The first-order chi connectivity index (χ1) is 15.7. The van der Waals surface area contributed by atoms with Gasteiger partial charge in [0.2, 0.25) is 0 Å². The minimum atomic E-state index is 0.695. The molecule has 6 rings (SSSR count).